The second-order valence-electron chi connectivity index (χ2n) is 6.79. The zero-order valence-corrected chi connectivity index (χ0v) is 15.5. The average Bonchev–Trinajstić information content (AvgIpc) is 3.17. The van der Waals surface area contributed by atoms with Crippen molar-refractivity contribution in [1.82, 2.24) is 10.3 Å². The van der Waals surface area contributed by atoms with Crippen LogP contribution in [0.5, 0.6) is 11.6 Å². The highest BCUT2D eigenvalue weighted by Crippen LogP contribution is 2.44. The van der Waals surface area contributed by atoms with E-state index in [2.05, 4.69) is 10.3 Å². The van der Waals surface area contributed by atoms with Gasteiger partial charge in [0.2, 0.25) is 11.8 Å². The van der Waals surface area contributed by atoms with Crippen molar-refractivity contribution in [2.24, 2.45) is 0 Å². The Labute approximate surface area is 162 Å². The molecule has 1 aliphatic carbocycles. The highest BCUT2D eigenvalue weighted by atomic mass is 32.2. The second kappa shape index (κ2) is 6.80. The number of nitrogens with one attached hydrogen (secondary N) is 1. The van der Waals surface area contributed by atoms with Gasteiger partial charge in [0, 0.05) is 12.1 Å². The Kier molecular flexibility index (Phi) is 4.57. The molecular weight excluding hydrogens is 393 g/mol. The number of pyridine rings is 1. The highest BCUT2D eigenvalue weighted by molar-refractivity contribution is 8.15. The molecular formula is C19H15F3N2O3S. The van der Waals surface area contributed by atoms with Crippen molar-refractivity contribution in [3.05, 3.63) is 52.7 Å². The monoisotopic (exact) mass is 408 g/mol. The molecule has 0 bridgehead atoms. The molecule has 0 spiro atoms. The minimum absolute atomic E-state index is 0.108. The Bertz CT molecular complexity index is 977. The van der Waals surface area contributed by atoms with E-state index in [1.807, 2.05) is 0 Å². The van der Waals surface area contributed by atoms with Crippen molar-refractivity contribution in [2.45, 2.75) is 37.1 Å². The summed E-state index contributed by atoms with van der Waals surface area (Å²) in [5, 5.41) is 1.46. The molecule has 1 unspecified atom stereocenters. The molecule has 2 atom stereocenters. The number of hydrogen-bond donors (Lipinski definition) is 1. The number of rotatable bonds is 3. The molecule has 1 saturated heterocycles. The maximum Gasteiger partial charge on any atom is 0.421 e. The van der Waals surface area contributed by atoms with Crippen LogP contribution in [0.4, 0.5) is 18.0 Å². The van der Waals surface area contributed by atoms with Gasteiger partial charge in [0.05, 0.1) is 0 Å². The van der Waals surface area contributed by atoms with Crippen LogP contribution in [0.2, 0.25) is 0 Å². The molecule has 5 nitrogen and oxygen atoms in total. The number of aryl methyl sites for hydroxylation is 2. The second-order valence-corrected chi connectivity index (χ2v) is 7.90. The molecule has 0 saturated carbocycles. The Balaban J connectivity index is 1.60. The van der Waals surface area contributed by atoms with Crippen molar-refractivity contribution in [3.63, 3.8) is 0 Å². The van der Waals surface area contributed by atoms with Gasteiger partial charge in [-0.3, -0.25) is 14.9 Å². The Morgan fingerprint density at radius 1 is 1.25 bits per heavy atom. The van der Waals surface area contributed by atoms with Crippen molar-refractivity contribution in [3.8, 4) is 11.6 Å². The number of hydrogen-bond acceptors (Lipinski definition) is 5. The first-order chi connectivity index (χ1) is 13.2. The van der Waals surface area contributed by atoms with E-state index in [0.717, 1.165) is 29.0 Å². The standard InChI is InChI=1S/C19H15F3N2O3S/c1-9-6-14(19(20,21)22)17(23-8-9)27-11-3-5-12-10(7-11)2-4-13(12)15-16(25)24-18(26)28-15/h3,5-8,13,15H,2,4H2,1H3,(H,24,25,26)/t13-,15?/m1/s1. The molecule has 9 heteroatoms. The molecule has 1 N–H and O–H groups in total. The molecule has 1 fully saturated rings. The van der Waals surface area contributed by atoms with Gasteiger partial charge >= 0.3 is 6.18 Å². The van der Waals surface area contributed by atoms with Crippen molar-refractivity contribution < 1.29 is 27.5 Å². The van der Waals surface area contributed by atoms with E-state index in [1.165, 1.54) is 13.1 Å². The van der Waals surface area contributed by atoms with E-state index in [0.29, 0.717) is 18.4 Å². The number of nitrogens with zero attached hydrogens (tertiary/aromatic N) is 1. The lowest BCUT2D eigenvalue weighted by Crippen LogP contribution is -2.27. The molecule has 2 heterocycles. The van der Waals surface area contributed by atoms with Gasteiger partial charge in [0.25, 0.3) is 5.24 Å². The van der Waals surface area contributed by atoms with Crippen LogP contribution in [-0.2, 0) is 17.4 Å². The van der Waals surface area contributed by atoms with Crippen molar-refractivity contribution >= 4 is 22.9 Å². The number of halogens is 3. The Morgan fingerprint density at radius 2 is 2.04 bits per heavy atom. The fourth-order valence-corrected chi connectivity index (χ4v) is 4.60. The number of thioether (sulfide) groups is 1. The van der Waals surface area contributed by atoms with E-state index >= 15 is 0 Å². The fourth-order valence-electron chi connectivity index (χ4n) is 3.59. The van der Waals surface area contributed by atoms with Gasteiger partial charge in [-0.2, -0.15) is 13.2 Å². The van der Waals surface area contributed by atoms with Gasteiger partial charge in [-0.1, -0.05) is 17.8 Å². The summed E-state index contributed by atoms with van der Waals surface area (Å²) in [6.45, 7) is 1.53. The van der Waals surface area contributed by atoms with Crippen molar-refractivity contribution in [2.75, 3.05) is 0 Å². The normalized spacial score (nSPS) is 21.6. The van der Waals surface area contributed by atoms with Crippen LogP contribution in [0.15, 0.2) is 30.5 Å². The van der Waals surface area contributed by atoms with Gasteiger partial charge in [0.15, 0.2) is 0 Å². The lowest BCUT2D eigenvalue weighted by molar-refractivity contribution is -0.139. The van der Waals surface area contributed by atoms with E-state index in [-0.39, 0.29) is 22.8 Å². The number of aromatic nitrogens is 1. The number of carbonyl (C=O) groups is 2. The molecule has 28 heavy (non-hydrogen) atoms. The first-order valence-corrected chi connectivity index (χ1v) is 9.46. The summed E-state index contributed by atoms with van der Waals surface area (Å²) >= 11 is 0.982. The molecule has 1 aliphatic heterocycles. The van der Waals surface area contributed by atoms with Gasteiger partial charge in [0.1, 0.15) is 16.6 Å². The topological polar surface area (TPSA) is 68.3 Å². The summed E-state index contributed by atoms with van der Waals surface area (Å²) in [6.07, 6.45) is -1.91. The van der Waals surface area contributed by atoms with Gasteiger partial charge in [-0.15, -0.1) is 0 Å². The summed E-state index contributed by atoms with van der Waals surface area (Å²) in [7, 11) is 0. The zero-order chi connectivity index (χ0) is 20.1. The molecule has 1 aromatic heterocycles. The number of carbonyl (C=O) groups excluding carboxylic acids is 2. The van der Waals surface area contributed by atoms with Gasteiger partial charge in [-0.05, 0) is 54.7 Å². The lowest BCUT2D eigenvalue weighted by atomic mass is 9.97. The van der Waals surface area contributed by atoms with Gasteiger partial charge < -0.3 is 4.74 Å². The summed E-state index contributed by atoms with van der Waals surface area (Å²) in [5.74, 6) is -0.652. The van der Waals surface area contributed by atoms with Crippen LogP contribution in [0.3, 0.4) is 0 Å². The fraction of sp³-hybridized carbons (Fsp3) is 0.316. The summed E-state index contributed by atoms with van der Waals surface area (Å²) in [4.78, 5) is 27.2. The van der Waals surface area contributed by atoms with E-state index in [1.54, 1.807) is 18.2 Å². The smallest absolute Gasteiger partial charge is 0.421 e. The van der Waals surface area contributed by atoms with E-state index < -0.39 is 22.9 Å². The third-order valence-corrected chi connectivity index (χ3v) is 5.94. The highest BCUT2D eigenvalue weighted by Gasteiger charge is 2.41. The number of ether oxygens (including phenoxy) is 1. The SMILES string of the molecule is Cc1cnc(Oc2ccc3c(c2)CC[C@H]3C2SC(=O)NC2=O)c(C(F)(F)F)c1. The molecule has 2 amide bonds. The van der Waals surface area contributed by atoms with Crippen LogP contribution in [0.25, 0.3) is 0 Å². The predicted molar refractivity (Wildman–Crippen MR) is 96.5 cm³/mol. The van der Waals surface area contributed by atoms with Crippen LogP contribution in [0, 0.1) is 6.92 Å². The molecule has 2 aromatic rings. The first-order valence-electron chi connectivity index (χ1n) is 8.58. The zero-order valence-electron chi connectivity index (χ0n) is 14.7. The Morgan fingerprint density at radius 3 is 2.71 bits per heavy atom. The first kappa shape index (κ1) is 18.8. The lowest BCUT2D eigenvalue weighted by Gasteiger charge is -2.16. The number of imide groups is 1. The summed E-state index contributed by atoms with van der Waals surface area (Å²) < 4.78 is 45.2. The Hall–Kier alpha value is -2.55. The van der Waals surface area contributed by atoms with Crippen LogP contribution >= 0.6 is 11.8 Å². The number of fused-ring (bicyclic) bond motifs is 1. The summed E-state index contributed by atoms with van der Waals surface area (Å²) in [5.41, 5.74) is 1.28. The number of alkyl halides is 3. The molecule has 1 aromatic carbocycles. The number of benzene rings is 1. The van der Waals surface area contributed by atoms with Crippen LogP contribution in [0.1, 0.15) is 34.6 Å². The quantitative estimate of drug-likeness (QED) is 0.805. The van der Waals surface area contributed by atoms with Gasteiger partial charge in [-0.25, -0.2) is 4.98 Å². The molecule has 146 valence electrons. The summed E-state index contributed by atoms with van der Waals surface area (Å²) in [6, 6.07) is 5.99. The molecule has 0 radical (unpaired) electrons. The van der Waals surface area contributed by atoms with Crippen molar-refractivity contribution in [1.29, 1.82) is 0 Å². The number of amides is 2. The van der Waals surface area contributed by atoms with E-state index in [9.17, 15) is 22.8 Å². The van der Waals surface area contributed by atoms with Crippen LogP contribution < -0.4 is 10.1 Å². The predicted octanol–water partition coefficient (Wildman–Crippen LogP) is 4.58. The minimum Gasteiger partial charge on any atom is -0.438 e. The molecule has 2 aliphatic rings. The third kappa shape index (κ3) is 3.46. The average molecular weight is 408 g/mol. The van der Waals surface area contributed by atoms with E-state index in [4.69, 9.17) is 4.74 Å². The maximum absolute atomic E-state index is 13.3. The minimum atomic E-state index is -4.57. The third-order valence-electron chi connectivity index (χ3n) is 4.83. The maximum atomic E-state index is 13.3. The van der Waals surface area contributed by atoms with Crippen LogP contribution in [-0.4, -0.2) is 21.4 Å². The molecule has 4 rings (SSSR count). The largest absolute Gasteiger partial charge is 0.438 e.